The summed E-state index contributed by atoms with van der Waals surface area (Å²) in [6, 6.07) is 8.49. The van der Waals surface area contributed by atoms with Crippen LogP contribution in [0.4, 0.5) is 13.2 Å². The fourth-order valence-corrected chi connectivity index (χ4v) is 4.01. The molecule has 2 N–H and O–H groups in total. The lowest BCUT2D eigenvalue weighted by Gasteiger charge is -2.35. The lowest BCUT2D eigenvalue weighted by molar-refractivity contribution is -0.159. The molecule has 1 heterocycles. The number of nitrogens with zero attached hydrogens (tertiary/aromatic N) is 1. The summed E-state index contributed by atoms with van der Waals surface area (Å²) >= 11 is 0. The number of halogens is 3. The van der Waals surface area contributed by atoms with Crippen LogP contribution >= 0.6 is 0 Å². The zero-order valence-corrected chi connectivity index (χ0v) is 16.1. The molecule has 1 aliphatic rings. The number of carbonyl (C=O) groups excluding carboxylic acids is 1. The van der Waals surface area contributed by atoms with Crippen LogP contribution in [-0.4, -0.2) is 29.3 Å². The number of ether oxygens (including phenoxy) is 1. The molecule has 1 amide bonds. The molecule has 1 aliphatic carbocycles. The Kier molecular flexibility index (Phi) is 5.40. The van der Waals surface area contributed by atoms with Crippen LogP contribution in [0.15, 0.2) is 30.3 Å². The molecule has 0 radical (unpaired) electrons. The molecule has 2 aromatic rings. The monoisotopic (exact) mass is 394 g/mol. The second kappa shape index (κ2) is 7.35. The summed E-state index contributed by atoms with van der Waals surface area (Å²) < 4.78 is 46.4. The third kappa shape index (κ3) is 4.46. The molecule has 1 atom stereocenters. The van der Waals surface area contributed by atoms with Gasteiger partial charge < -0.3 is 10.5 Å². The first-order valence-corrected chi connectivity index (χ1v) is 9.42. The molecule has 1 unspecified atom stereocenters. The third-order valence-electron chi connectivity index (χ3n) is 5.55. The zero-order valence-electron chi connectivity index (χ0n) is 16.1. The predicted octanol–water partition coefficient (Wildman–Crippen LogP) is 4.89. The van der Waals surface area contributed by atoms with E-state index in [0.29, 0.717) is 10.9 Å². The van der Waals surface area contributed by atoms with Crippen LogP contribution in [0.2, 0.25) is 0 Å². The molecule has 7 heteroatoms. The Morgan fingerprint density at radius 3 is 2.50 bits per heavy atom. The number of pyridine rings is 1. The van der Waals surface area contributed by atoms with Crippen molar-refractivity contribution in [1.82, 2.24) is 4.98 Å². The minimum Gasteiger partial charge on any atom is -0.374 e. The van der Waals surface area contributed by atoms with Gasteiger partial charge in [0.1, 0.15) is 0 Å². The second-order valence-corrected chi connectivity index (χ2v) is 8.24. The second-order valence-electron chi connectivity index (χ2n) is 8.24. The molecule has 1 aromatic heterocycles. The number of amides is 1. The molecular weight excluding hydrogens is 369 g/mol. The lowest BCUT2D eigenvalue weighted by atomic mass is 9.80. The Balaban J connectivity index is 2.08. The summed E-state index contributed by atoms with van der Waals surface area (Å²) in [5.74, 6) is -0.797. The van der Waals surface area contributed by atoms with Crippen molar-refractivity contribution in [3.63, 3.8) is 0 Å². The molecule has 4 nitrogen and oxygen atoms in total. The van der Waals surface area contributed by atoms with Crippen LogP contribution in [0.25, 0.3) is 10.9 Å². The number of nitrogens with two attached hydrogens (primary N) is 1. The molecular formula is C21H25F3N2O2. The molecule has 0 bridgehead atoms. The topological polar surface area (TPSA) is 65.2 Å². The van der Waals surface area contributed by atoms with E-state index < -0.39 is 29.5 Å². The van der Waals surface area contributed by atoms with Gasteiger partial charge in [-0.3, -0.25) is 9.78 Å². The summed E-state index contributed by atoms with van der Waals surface area (Å²) in [5, 5.41) is 0.651. The average molecular weight is 394 g/mol. The number of rotatable bonds is 6. The summed E-state index contributed by atoms with van der Waals surface area (Å²) in [7, 11) is 0. The van der Waals surface area contributed by atoms with E-state index in [-0.39, 0.29) is 17.9 Å². The summed E-state index contributed by atoms with van der Waals surface area (Å²) in [6.07, 6.45) is -2.00. The number of fused-ring (bicyclic) bond motifs is 1. The van der Waals surface area contributed by atoms with Crippen LogP contribution in [0.3, 0.4) is 0 Å². The first kappa shape index (κ1) is 20.6. The third-order valence-corrected chi connectivity index (χ3v) is 5.55. The van der Waals surface area contributed by atoms with Crippen LogP contribution in [0.5, 0.6) is 0 Å². The van der Waals surface area contributed by atoms with E-state index in [0.717, 1.165) is 25.7 Å². The van der Waals surface area contributed by atoms with E-state index in [1.807, 2.05) is 6.92 Å². The van der Waals surface area contributed by atoms with Crippen molar-refractivity contribution in [2.75, 3.05) is 6.61 Å². The Morgan fingerprint density at radius 1 is 1.25 bits per heavy atom. The number of hydrogen-bond donors (Lipinski definition) is 1. The Labute approximate surface area is 162 Å². The average Bonchev–Trinajstić information content (AvgIpc) is 3.04. The number of hydrogen-bond acceptors (Lipinski definition) is 3. The maximum absolute atomic E-state index is 13.5. The maximum Gasteiger partial charge on any atom is 0.390 e. The number of para-hydroxylation sites is 1. The lowest BCUT2D eigenvalue weighted by Crippen LogP contribution is -2.40. The van der Waals surface area contributed by atoms with Gasteiger partial charge in [0.05, 0.1) is 35.4 Å². The number of alkyl halides is 3. The number of primary amides is 1. The maximum atomic E-state index is 13.5. The van der Waals surface area contributed by atoms with Gasteiger partial charge in [0.2, 0.25) is 0 Å². The van der Waals surface area contributed by atoms with Crippen molar-refractivity contribution in [3.8, 4) is 0 Å². The summed E-state index contributed by atoms with van der Waals surface area (Å²) in [6.45, 7) is 3.19. The van der Waals surface area contributed by atoms with Gasteiger partial charge in [0.25, 0.3) is 5.91 Å². The summed E-state index contributed by atoms with van der Waals surface area (Å²) in [5.41, 5.74) is 4.09. The molecule has 0 spiro atoms. The number of aromatic nitrogens is 1. The predicted molar refractivity (Wildman–Crippen MR) is 101 cm³/mol. The minimum absolute atomic E-state index is 0.00521. The van der Waals surface area contributed by atoms with Crippen molar-refractivity contribution in [1.29, 1.82) is 0 Å². The van der Waals surface area contributed by atoms with Gasteiger partial charge in [-0.1, -0.05) is 38.0 Å². The normalized spacial score (nSPS) is 18.9. The smallest absolute Gasteiger partial charge is 0.374 e. The number of carbonyl (C=O) groups is 1. The molecule has 0 aliphatic heterocycles. The largest absolute Gasteiger partial charge is 0.390 e. The fraction of sp³-hybridized carbons (Fsp3) is 0.524. The van der Waals surface area contributed by atoms with Crippen molar-refractivity contribution >= 4 is 16.8 Å². The van der Waals surface area contributed by atoms with Crippen molar-refractivity contribution < 1.29 is 22.7 Å². The molecule has 1 saturated carbocycles. The standard InChI is InChI=1S/C21H25F3N2O2/c1-19(12-21(22,23)24,13-28-20(2)9-5-6-10-20)17-15(18(25)27)11-14-7-3-4-8-16(14)26-17/h3-4,7-8,11H,5-6,9-10,12-13H2,1-2H3,(H2,25,27). The van der Waals surface area contributed by atoms with Crippen LogP contribution in [0, 0.1) is 0 Å². The fourth-order valence-electron chi connectivity index (χ4n) is 4.01. The van der Waals surface area contributed by atoms with Crippen molar-refractivity contribution in [3.05, 3.63) is 41.6 Å². The molecule has 1 fully saturated rings. The molecule has 28 heavy (non-hydrogen) atoms. The van der Waals surface area contributed by atoms with Gasteiger partial charge in [-0.2, -0.15) is 13.2 Å². The van der Waals surface area contributed by atoms with Crippen molar-refractivity contribution in [2.24, 2.45) is 5.73 Å². The van der Waals surface area contributed by atoms with Gasteiger partial charge in [0, 0.05) is 10.8 Å². The molecule has 1 aromatic carbocycles. The van der Waals surface area contributed by atoms with Gasteiger partial charge in [-0.05, 0) is 31.9 Å². The summed E-state index contributed by atoms with van der Waals surface area (Å²) in [4.78, 5) is 16.5. The van der Waals surface area contributed by atoms with Crippen molar-refractivity contribution in [2.45, 2.75) is 63.1 Å². The highest BCUT2D eigenvalue weighted by Gasteiger charge is 2.45. The van der Waals surface area contributed by atoms with Gasteiger partial charge in [-0.15, -0.1) is 0 Å². The van der Waals surface area contributed by atoms with Gasteiger partial charge >= 0.3 is 6.18 Å². The quantitative estimate of drug-likeness (QED) is 0.758. The first-order valence-electron chi connectivity index (χ1n) is 9.42. The van der Waals surface area contributed by atoms with E-state index in [1.54, 1.807) is 24.3 Å². The van der Waals surface area contributed by atoms with Crippen LogP contribution in [-0.2, 0) is 10.2 Å². The molecule has 152 valence electrons. The first-order chi connectivity index (χ1) is 13.0. The molecule has 3 rings (SSSR count). The highest BCUT2D eigenvalue weighted by molar-refractivity contribution is 5.98. The SMILES string of the molecule is CC1(OCC(C)(CC(F)(F)F)c2nc3ccccc3cc2C(N)=O)CCCC1. The van der Waals surface area contributed by atoms with E-state index in [1.165, 1.54) is 13.0 Å². The highest BCUT2D eigenvalue weighted by atomic mass is 19.4. The Morgan fingerprint density at radius 2 is 1.89 bits per heavy atom. The minimum atomic E-state index is -4.45. The van der Waals surface area contributed by atoms with Gasteiger partial charge in [0.15, 0.2) is 0 Å². The van der Waals surface area contributed by atoms with Crippen LogP contribution in [0.1, 0.15) is 62.0 Å². The van der Waals surface area contributed by atoms with E-state index in [2.05, 4.69) is 4.98 Å². The van der Waals surface area contributed by atoms with Gasteiger partial charge in [-0.25, -0.2) is 0 Å². The highest BCUT2D eigenvalue weighted by Crippen LogP contribution is 2.41. The zero-order chi connectivity index (χ0) is 20.6. The van der Waals surface area contributed by atoms with E-state index in [4.69, 9.17) is 10.5 Å². The Hall–Kier alpha value is -2.15. The molecule has 0 saturated heterocycles. The van der Waals surface area contributed by atoms with E-state index in [9.17, 15) is 18.0 Å². The van der Waals surface area contributed by atoms with E-state index >= 15 is 0 Å². The van der Waals surface area contributed by atoms with Crippen LogP contribution < -0.4 is 5.73 Å². The number of benzene rings is 1. The Bertz CT molecular complexity index is 876.